The Labute approximate surface area is 164 Å². The fourth-order valence-electron chi connectivity index (χ4n) is 4.32. The van der Waals surface area contributed by atoms with Gasteiger partial charge in [0.15, 0.2) is 5.78 Å². The molecule has 1 N–H and O–H groups in total. The number of rotatable bonds is 7. The Balaban J connectivity index is 1.43. The zero-order chi connectivity index (χ0) is 19.7. The van der Waals surface area contributed by atoms with Gasteiger partial charge in [0.2, 0.25) is 0 Å². The maximum Gasteiger partial charge on any atom is 0.183 e. The number of aromatic nitrogens is 3. The van der Waals surface area contributed by atoms with Crippen LogP contribution in [0.5, 0.6) is 0 Å². The molecule has 0 saturated carbocycles. The minimum atomic E-state index is -0.262. The first-order chi connectivity index (χ1) is 13.5. The maximum absolute atomic E-state index is 13.4. The number of benzene rings is 1. The van der Waals surface area contributed by atoms with Crippen molar-refractivity contribution in [2.45, 2.75) is 45.1 Å². The van der Waals surface area contributed by atoms with E-state index in [0.29, 0.717) is 18.2 Å². The van der Waals surface area contributed by atoms with Gasteiger partial charge in [0.1, 0.15) is 11.5 Å². The number of carbonyl (C=O) groups excluding carboxylic acids is 1. The molecule has 5 nitrogen and oxygen atoms in total. The van der Waals surface area contributed by atoms with E-state index in [-0.39, 0.29) is 11.6 Å². The Kier molecular flexibility index (Phi) is 5.31. The lowest BCUT2D eigenvalue weighted by Crippen LogP contribution is -2.30. The number of Topliss-reactive ketones (excluding diaryl/α,β-unsaturated/α-hetero) is 1. The van der Waals surface area contributed by atoms with Crippen molar-refractivity contribution in [1.82, 2.24) is 19.7 Å². The van der Waals surface area contributed by atoms with Gasteiger partial charge in [-0.25, -0.2) is 4.39 Å². The van der Waals surface area contributed by atoms with E-state index in [1.165, 1.54) is 31.4 Å². The molecule has 6 heteroatoms. The molecule has 1 aliphatic rings. The van der Waals surface area contributed by atoms with Crippen LogP contribution < -0.4 is 0 Å². The number of halogens is 1. The number of nitrogens with zero attached hydrogens (tertiary/aromatic N) is 3. The number of fused-ring (bicyclic) bond motifs is 1. The van der Waals surface area contributed by atoms with Crippen LogP contribution in [0.1, 0.15) is 49.5 Å². The molecule has 0 spiro atoms. The van der Waals surface area contributed by atoms with Gasteiger partial charge in [-0.3, -0.25) is 9.48 Å². The number of aryl methyl sites for hydroxylation is 1. The Morgan fingerprint density at radius 2 is 2.18 bits per heavy atom. The maximum atomic E-state index is 13.4. The number of H-pyrrole nitrogens is 1. The molecule has 0 radical (unpaired) electrons. The van der Waals surface area contributed by atoms with Crippen LogP contribution in [0.15, 0.2) is 30.3 Å². The van der Waals surface area contributed by atoms with Crippen molar-refractivity contribution in [3.8, 4) is 11.4 Å². The molecule has 1 saturated heterocycles. The molecule has 1 fully saturated rings. The molecule has 0 unspecified atom stereocenters. The fraction of sp³-hybridized carbons (Fsp3) is 0.455. The minimum Gasteiger partial charge on any atom is -0.353 e. The number of nitrogens with one attached hydrogen (secondary N) is 1. The molecule has 28 heavy (non-hydrogen) atoms. The van der Waals surface area contributed by atoms with Crippen molar-refractivity contribution in [1.29, 1.82) is 0 Å². The summed E-state index contributed by atoms with van der Waals surface area (Å²) in [5.74, 6) is -0.182. The number of hydrogen-bond donors (Lipinski definition) is 1. The van der Waals surface area contributed by atoms with Gasteiger partial charge in [0.25, 0.3) is 0 Å². The molecule has 4 rings (SSSR count). The summed E-state index contributed by atoms with van der Waals surface area (Å²) in [6, 6.07) is 9.06. The van der Waals surface area contributed by atoms with Crippen molar-refractivity contribution in [2.75, 3.05) is 13.1 Å². The van der Waals surface area contributed by atoms with Gasteiger partial charge in [-0.15, -0.1) is 0 Å². The summed E-state index contributed by atoms with van der Waals surface area (Å²) in [7, 11) is 1.83. The van der Waals surface area contributed by atoms with E-state index in [1.807, 2.05) is 19.2 Å². The Morgan fingerprint density at radius 1 is 1.32 bits per heavy atom. The van der Waals surface area contributed by atoms with Crippen LogP contribution in [0.3, 0.4) is 0 Å². The van der Waals surface area contributed by atoms with Crippen molar-refractivity contribution in [2.24, 2.45) is 7.05 Å². The molecule has 1 aromatic carbocycles. The summed E-state index contributed by atoms with van der Waals surface area (Å²) in [5, 5.41) is 5.22. The lowest BCUT2D eigenvalue weighted by atomic mass is 10.1. The third kappa shape index (κ3) is 3.74. The van der Waals surface area contributed by atoms with Crippen LogP contribution >= 0.6 is 0 Å². The lowest BCUT2D eigenvalue weighted by Gasteiger charge is -2.22. The number of ketones is 1. The van der Waals surface area contributed by atoms with E-state index in [1.54, 1.807) is 10.7 Å². The second-order valence-corrected chi connectivity index (χ2v) is 7.72. The largest absolute Gasteiger partial charge is 0.353 e. The standard InChI is InChI=1S/C22H27FN4O/c1-3-17-6-4-10-27(17)11-5-7-22(28)20-14-21(26(2)25-20)19-13-15-12-16(23)8-9-18(15)24-19/h8-9,12-14,17,24H,3-7,10-11H2,1-2H3/t17-/m0/s1. The molecule has 2 aromatic heterocycles. The fourth-order valence-corrected chi connectivity index (χ4v) is 4.32. The topological polar surface area (TPSA) is 53.9 Å². The molecule has 3 aromatic rings. The summed E-state index contributed by atoms with van der Waals surface area (Å²) >= 11 is 0. The zero-order valence-electron chi connectivity index (χ0n) is 16.5. The Morgan fingerprint density at radius 3 is 3.00 bits per heavy atom. The van der Waals surface area contributed by atoms with E-state index in [9.17, 15) is 9.18 Å². The molecule has 1 atom stereocenters. The zero-order valence-corrected chi connectivity index (χ0v) is 16.5. The Bertz CT molecular complexity index is 990. The predicted molar refractivity (Wildman–Crippen MR) is 109 cm³/mol. The van der Waals surface area contributed by atoms with Crippen molar-refractivity contribution in [3.05, 3.63) is 41.8 Å². The first kappa shape index (κ1) is 18.9. The molecule has 3 heterocycles. The van der Waals surface area contributed by atoms with E-state index < -0.39 is 0 Å². The highest BCUT2D eigenvalue weighted by atomic mass is 19.1. The summed E-state index contributed by atoms with van der Waals surface area (Å²) in [4.78, 5) is 18.4. The second kappa shape index (κ2) is 7.87. The predicted octanol–water partition coefficient (Wildman–Crippen LogP) is 4.54. The molecule has 0 bridgehead atoms. The quantitative estimate of drug-likeness (QED) is 0.610. The van der Waals surface area contributed by atoms with Crippen molar-refractivity contribution < 1.29 is 9.18 Å². The number of likely N-dealkylation sites (tertiary alicyclic amines) is 1. The van der Waals surface area contributed by atoms with Gasteiger partial charge >= 0.3 is 0 Å². The van der Waals surface area contributed by atoms with E-state index in [4.69, 9.17) is 0 Å². The monoisotopic (exact) mass is 382 g/mol. The number of aromatic amines is 1. The van der Waals surface area contributed by atoms with Gasteiger partial charge in [0, 0.05) is 30.4 Å². The van der Waals surface area contributed by atoms with Crippen LogP contribution in [0.2, 0.25) is 0 Å². The van der Waals surface area contributed by atoms with E-state index >= 15 is 0 Å². The van der Waals surface area contributed by atoms with Gasteiger partial charge in [-0.05, 0) is 69.1 Å². The van der Waals surface area contributed by atoms with Gasteiger partial charge in [0.05, 0.1) is 11.4 Å². The van der Waals surface area contributed by atoms with Crippen LogP contribution in [0.4, 0.5) is 4.39 Å². The molecular weight excluding hydrogens is 355 g/mol. The third-order valence-corrected chi connectivity index (χ3v) is 5.84. The van der Waals surface area contributed by atoms with Gasteiger partial charge in [-0.1, -0.05) is 6.92 Å². The smallest absolute Gasteiger partial charge is 0.183 e. The third-order valence-electron chi connectivity index (χ3n) is 5.84. The average molecular weight is 382 g/mol. The minimum absolute atomic E-state index is 0.0799. The highest BCUT2D eigenvalue weighted by molar-refractivity contribution is 5.95. The van der Waals surface area contributed by atoms with E-state index in [0.717, 1.165) is 41.8 Å². The summed E-state index contributed by atoms with van der Waals surface area (Å²) in [5.41, 5.74) is 3.01. The van der Waals surface area contributed by atoms with Gasteiger partial charge in [-0.2, -0.15) is 5.10 Å². The normalized spacial score (nSPS) is 17.6. The first-order valence-electron chi connectivity index (χ1n) is 10.1. The molecular formula is C22H27FN4O. The summed E-state index contributed by atoms with van der Waals surface area (Å²) in [6.45, 7) is 4.38. The lowest BCUT2D eigenvalue weighted by molar-refractivity contribution is 0.0968. The van der Waals surface area contributed by atoms with Gasteiger partial charge < -0.3 is 9.88 Å². The Hall–Kier alpha value is -2.47. The van der Waals surface area contributed by atoms with Crippen LogP contribution in [-0.2, 0) is 7.05 Å². The number of hydrogen-bond acceptors (Lipinski definition) is 3. The second-order valence-electron chi connectivity index (χ2n) is 7.72. The molecule has 0 amide bonds. The van der Waals surface area contributed by atoms with Crippen LogP contribution in [0.25, 0.3) is 22.3 Å². The van der Waals surface area contributed by atoms with Crippen molar-refractivity contribution >= 4 is 16.7 Å². The molecule has 1 aliphatic heterocycles. The first-order valence-corrected chi connectivity index (χ1v) is 10.1. The number of carbonyl (C=O) groups is 1. The molecule has 0 aliphatic carbocycles. The summed E-state index contributed by atoms with van der Waals surface area (Å²) in [6.07, 6.45) is 5.12. The summed E-state index contributed by atoms with van der Waals surface area (Å²) < 4.78 is 15.1. The SMILES string of the molecule is CC[C@H]1CCCN1CCCC(=O)c1cc(-c2cc3cc(F)ccc3[nH]2)n(C)n1. The highest BCUT2D eigenvalue weighted by Crippen LogP contribution is 2.26. The molecule has 148 valence electrons. The van der Waals surface area contributed by atoms with E-state index in [2.05, 4.69) is 21.9 Å². The highest BCUT2D eigenvalue weighted by Gasteiger charge is 2.22. The average Bonchev–Trinajstić information content (AvgIpc) is 3.38. The van der Waals surface area contributed by atoms with Crippen molar-refractivity contribution in [3.63, 3.8) is 0 Å². The van der Waals surface area contributed by atoms with Crippen LogP contribution in [0, 0.1) is 5.82 Å². The van der Waals surface area contributed by atoms with Crippen LogP contribution in [-0.4, -0.2) is 44.6 Å².